The molecule has 3 rings (SSSR count). The van der Waals surface area contributed by atoms with Crippen LogP contribution in [0.5, 0.6) is 11.5 Å². The summed E-state index contributed by atoms with van der Waals surface area (Å²) in [6.45, 7) is 9.29. The lowest BCUT2D eigenvalue weighted by molar-refractivity contribution is -0.134. The number of Topliss-reactive ketones (excluding diaryl/α,β-unsaturated/α-hetero) is 1. The van der Waals surface area contributed by atoms with Gasteiger partial charge in [0.05, 0.1) is 19.8 Å². The van der Waals surface area contributed by atoms with Crippen LogP contribution in [-0.4, -0.2) is 62.8 Å². The Morgan fingerprint density at radius 2 is 1.60 bits per heavy atom. The van der Waals surface area contributed by atoms with Crippen LogP contribution in [0.4, 0.5) is 4.79 Å². The van der Waals surface area contributed by atoms with Gasteiger partial charge < -0.3 is 18.9 Å². The maximum Gasteiger partial charge on any atom is 0.416 e. The first kappa shape index (κ1) is 33.8. The van der Waals surface area contributed by atoms with Gasteiger partial charge in [-0.2, -0.15) is 0 Å². The number of amides is 2. The molecule has 0 radical (unpaired) electrons. The monoisotopic (exact) mass is 593 g/mol. The SMILES string of the molecule is COCCCOc1cc(C(=O)C(CC=CC[C@@H](C(=O)N2C(=O)OC[C@H]2Cc2ccccc2)C(C)C)C(C)C)ccc1OC. The van der Waals surface area contributed by atoms with Crippen molar-refractivity contribution in [2.45, 2.75) is 59.4 Å². The van der Waals surface area contributed by atoms with E-state index in [9.17, 15) is 14.4 Å². The second kappa shape index (κ2) is 16.8. The van der Waals surface area contributed by atoms with Crippen molar-refractivity contribution < 1.29 is 33.3 Å². The van der Waals surface area contributed by atoms with Crippen LogP contribution in [0.3, 0.4) is 0 Å². The summed E-state index contributed by atoms with van der Waals surface area (Å²) >= 11 is 0. The molecule has 8 heteroatoms. The van der Waals surface area contributed by atoms with Gasteiger partial charge in [-0.1, -0.05) is 70.2 Å². The molecule has 234 valence electrons. The van der Waals surface area contributed by atoms with Gasteiger partial charge in [0, 0.05) is 37.5 Å². The summed E-state index contributed by atoms with van der Waals surface area (Å²) in [4.78, 5) is 41.1. The maximum absolute atomic E-state index is 13.6. The second-order valence-electron chi connectivity index (χ2n) is 11.7. The normalized spacial score (nSPS) is 16.5. The van der Waals surface area contributed by atoms with Gasteiger partial charge in [0.1, 0.15) is 6.61 Å². The van der Waals surface area contributed by atoms with Crippen molar-refractivity contribution >= 4 is 17.8 Å². The zero-order chi connectivity index (χ0) is 31.4. The molecule has 8 nitrogen and oxygen atoms in total. The Labute approximate surface area is 256 Å². The molecular weight excluding hydrogens is 546 g/mol. The van der Waals surface area contributed by atoms with Crippen LogP contribution in [0.1, 0.15) is 62.9 Å². The van der Waals surface area contributed by atoms with E-state index in [0.717, 1.165) is 12.0 Å². The van der Waals surface area contributed by atoms with Crippen LogP contribution in [0.25, 0.3) is 0 Å². The third-order valence-electron chi connectivity index (χ3n) is 7.92. The summed E-state index contributed by atoms with van der Waals surface area (Å²) < 4.78 is 21.7. The molecule has 0 N–H and O–H groups in total. The minimum absolute atomic E-state index is 0.0204. The molecule has 2 aromatic carbocycles. The Bertz CT molecular complexity index is 1220. The number of ketones is 1. The van der Waals surface area contributed by atoms with Gasteiger partial charge in [0.15, 0.2) is 17.3 Å². The molecule has 1 unspecified atom stereocenters. The van der Waals surface area contributed by atoms with Crippen LogP contribution in [0, 0.1) is 23.7 Å². The molecule has 3 atom stereocenters. The largest absolute Gasteiger partial charge is 0.493 e. The minimum atomic E-state index is -0.576. The Kier molecular flexibility index (Phi) is 13.3. The first-order chi connectivity index (χ1) is 20.7. The molecule has 1 heterocycles. The van der Waals surface area contributed by atoms with Gasteiger partial charge in [0.25, 0.3) is 0 Å². The quantitative estimate of drug-likeness (QED) is 0.114. The van der Waals surface area contributed by atoms with Crippen molar-refractivity contribution in [1.29, 1.82) is 0 Å². The smallest absolute Gasteiger partial charge is 0.416 e. The summed E-state index contributed by atoms with van der Waals surface area (Å²) in [5.41, 5.74) is 1.62. The van der Waals surface area contributed by atoms with Crippen LogP contribution < -0.4 is 9.47 Å². The third kappa shape index (κ3) is 9.42. The number of methoxy groups -OCH3 is 2. The lowest BCUT2D eigenvalue weighted by Gasteiger charge is -2.26. The Balaban J connectivity index is 1.67. The summed E-state index contributed by atoms with van der Waals surface area (Å²) in [5.74, 6) is 0.424. The minimum Gasteiger partial charge on any atom is -0.493 e. The van der Waals surface area contributed by atoms with Gasteiger partial charge in [-0.15, -0.1) is 0 Å². The van der Waals surface area contributed by atoms with E-state index in [-0.39, 0.29) is 48.0 Å². The van der Waals surface area contributed by atoms with Gasteiger partial charge in [0.2, 0.25) is 5.91 Å². The molecule has 1 aliphatic heterocycles. The molecule has 2 amide bonds. The van der Waals surface area contributed by atoms with Crippen LogP contribution in [-0.2, 0) is 20.7 Å². The highest BCUT2D eigenvalue weighted by molar-refractivity contribution is 5.98. The van der Waals surface area contributed by atoms with Crippen molar-refractivity contribution in [3.05, 3.63) is 71.8 Å². The van der Waals surface area contributed by atoms with E-state index in [1.807, 2.05) is 70.2 Å². The number of ether oxygens (including phenoxy) is 4. The number of hydrogen-bond donors (Lipinski definition) is 0. The number of cyclic esters (lactones) is 1. The number of nitrogens with zero attached hydrogens (tertiary/aromatic N) is 1. The predicted molar refractivity (Wildman–Crippen MR) is 166 cm³/mol. The highest BCUT2D eigenvalue weighted by atomic mass is 16.6. The Hall–Kier alpha value is -3.65. The first-order valence-corrected chi connectivity index (χ1v) is 15.2. The van der Waals surface area contributed by atoms with E-state index >= 15 is 0 Å². The number of rotatable bonds is 17. The highest BCUT2D eigenvalue weighted by Crippen LogP contribution is 2.31. The first-order valence-electron chi connectivity index (χ1n) is 15.2. The predicted octanol–water partition coefficient (Wildman–Crippen LogP) is 6.76. The zero-order valence-corrected chi connectivity index (χ0v) is 26.4. The van der Waals surface area contributed by atoms with Crippen LogP contribution in [0.15, 0.2) is 60.7 Å². The summed E-state index contributed by atoms with van der Waals surface area (Å²) in [6.07, 6.45) is 5.67. The molecule has 0 saturated carbocycles. The number of imide groups is 1. The molecule has 2 aromatic rings. The maximum atomic E-state index is 13.6. The van der Waals surface area contributed by atoms with Crippen molar-refractivity contribution in [3.63, 3.8) is 0 Å². The van der Waals surface area contributed by atoms with E-state index in [1.165, 1.54) is 4.90 Å². The van der Waals surface area contributed by atoms with Crippen molar-refractivity contribution in [2.24, 2.45) is 23.7 Å². The van der Waals surface area contributed by atoms with Gasteiger partial charge in [-0.3, -0.25) is 9.59 Å². The molecule has 0 spiro atoms. The van der Waals surface area contributed by atoms with Crippen LogP contribution in [0.2, 0.25) is 0 Å². The summed E-state index contributed by atoms with van der Waals surface area (Å²) in [6, 6.07) is 14.8. The highest BCUT2D eigenvalue weighted by Gasteiger charge is 2.41. The summed E-state index contributed by atoms with van der Waals surface area (Å²) in [5, 5.41) is 0. The fourth-order valence-electron chi connectivity index (χ4n) is 5.31. The number of allylic oxidation sites excluding steroid dienone is 2. The van der Waals surface area contributed by atoms with Crippen molar-refractivity contribution in [3.8, 4) is 11.5 Å². The lowest BCUT2D eigenvalue weighted by atomic mass is 9.84. The second-order valence-corrected chi connectivity index (χ2v) is 11.7. The standard InChI is InChI=1S/C35H47NO7/c1-24(2)29(33(37)27-17-18-31(41-6)32(22-27)42-20-12-19-40-5)15-10-11-16-30(25(3)4)34(38)36-28(23-43-35(36)39)21-26-13-8-7-9-14-26/h7-11,13-14,17-18,22,24-25,28-30H,12,15-16,19-21,23H2,1-6H3/t28-,29?,30-/m1/s1. The lowest BCUT2D eigenvalue weighted by Crippen LogP contribution is -2.44. The van der Waals surface area contributed by atoms with Crippen LogP contribution >= 0.6 is 0 Å². The number of carbonyl (C=O) groups excluding carboxylic acids is 3. The van der Waals surface area contributed by atoms with Crippen molar-refractivity contribution in [1.82, 2.24) is 4.90 Å². The van der Waals surface area contributed by atoms with E-state index in [2.05, 4.69) is 0 Å². The van der Waals surface area contributed by atoms with E-state index in [4.69, 9.17) is 18.9 Å². The van der Waals surface area contributed by atoms with E-state index in [1.54, 1.807) is 32.4 Å². The molecule has 0 aromatic heterocycles. The van der Waals surface area contributed by atoms with Crippen molar-refractivity contribution in [2.75, 3.05) is 34.0 Å². The number of carbonyl (C=O) groups is 3. The van der Waals surface area contributed by atoms with Gasteiger partial charge in [-0.25, -0.2) is 9.69 Å². The third-order valence-corrected chi connectivity index (χ3v) is 7.92. The fourth-order valence-corrected chi connectivity index (χ4v) is 5.31. The van der Waals surface area contributed by atoms with Gasteiger partial charge in [-0.05, 0) is 54.9 Å². The molecule has 43 heavy (non-hydrogen) atoms. The Morgan fingerprint density at radius 1 is 0.930 bits per heavy atom. The number of hydrogen-bond acceptors (Lipinski definition) is 7. The topological polar surface area (TPSA) is 91.4 Å². The fraction of sp³-hybridized carbons (Fsp3) is 0.514. The van der Waals surface area contributed by atoms with Gasteiger partial charge >= 0.3 is 6.09 Å². The van der Waals surface area contributed by atoms with E-state index < -0.39 is 6.09 Å². The molecule has 1 aliphatic rings. The molecule has 0 bridgehead atoms. The number of benzene rings is 2. The zero-order valence-electron chi connectivity index (χ0n) is 26.4. The summed E-state index contributed by atoms with van der Waals surface area (Å²) in [7, 11) is 3.22. The van der Waals surface area contributed by atoms with E-state index in [0.29, 0.717) is 49.5 Å². The molecule has 0 aliphatic carbocycles. The molecule has 1 saturated heterocycles. The average molecular weight is 594 g/mol. The molecular formula is C35H47NO7. The average Bonchev–Trinajstić information content (AvgIpc) is 3.35. The Morgan fingerprint density at radius 3 is 2.23 bits per heavy atom. The molecule has 1 fully saturated rings.